The Morgan fingerprint density at radius 1 is 1.31 bits per heavy atom. The van der Waals surface area contributed by atoms with Gasteiger partial charge in [0.1, 0.15) is 17.3 Å². The smallest absolute Gasteiger partial charge is 0.266 e. The van der Waals surface area contributed by atoms with Crippen molar-refractivity contribution in [1.82, 2.24) is 19.3 Å². The quantitative estimate of drug-likeness (QED) is 0.727. The lowest BCUT2D eigenvalue weighted by Gasteiger charge is -2.12. The number of hydrogen-bond acceptors (Lipinski definition) is 5. The zero-order chi connectivity index (χ0) is 20.9. The Balaban J connectivity index is 1.74. The highest BCUT2D eigenvalue weighted by molar-refractivity contribution is 5.99. The number of amides is 1. The number of nitrogens with one attached hydrogen (secondary N) is 1. The number of carbonyl (C=O) groups is 1. The number of nitriles is 1. The fourth-order valence-corrected chi connectivity index (χ4v) is 3.20. The molecule has 3 heterocycles. The first-order chi connectivity index (χ1) is 13.8. The number of hydrogen-bond donors (Lipinski definition) is 1. The summed E-state index contributed by atoms with van der Waals surface area (Å²) in [7, 11) is 0. The van der Waals surface area contributed by atoms with Crippen LogP contribution in [-0.4, -0.2) is 25.2 Å². The molecule has 0 aliphatic heterocycles. The van der Waals surface area contributed by atoms with Crippen LogP contribution < -0.4 is 11.0 Å². The maximum Gasteiger partial charge on any atom is 0.290 e. The molecule has 29 heavy (non-hydrogen) atoms. The van der Waals surface area contributed by atoms with Gasteiger partial charge in [0.2, 0.25) is 0 Å². The van der Waals surface area contributed by atoms with E-state index in [-0.39, 0.29) is 28.5 Å². The van der Waals surface area contributed by atoms with Gasteiger partial charge < -0.3 is 0 Å². The third-order valence-corrected chi connectivity index (χ3v) is 4.84. The van der Waals surface area contributed by atoms with Crippen LogP contribution in [0.3, 0.4) is 0 Å². The average molecular weight is 398 g/mol. The molecule has 10 heteroatoms. The summed E-state index contributed by atoms with van der Waals surface area (Å²) in [6.07, 6.45) is -0.997. The van der Waals surface area contributed by atoms with Crippen molar-refractivity contribution >= 4 is 11.6 Å². The molecule has 0 spiro atoms. The van der Waals surface area contributed by atoms with Gasteiger partial charge in [-0.3, -0.25) is 15.0 Å². The SMILES string of the molecule is Cc1cc(C)n(NC(=O)c2cc3nc(C4CC4)cc(C(F)F)n3n2)c(=O)c1C#N. The van der Waals surface area contributed by atoms with Crippen molar-refractivity contribution in [3.05, 3.63) is 62.5 Å². The zero-order valence-corrected chi connectivity index (χ0v) is 15.6. The molecular weight excluding hydrogens is 382 g/mol. The van der Waals surface area contributed by atoms with Crippen molar-refractivity contribution in [3.63, 3.8) is 0 Å². The second-order valence-electron chi connectivity index (χ2n) is 7.02. The van der Waals surface area contributed by atoms with Gasteiger partial charge in [0.25, 0.3) is 17.9 Å². The molecule has 4 rings (SSSR count). The number of carbonyl (C=O) groups excluding carboxylic acids is 1. The first kappa shape index (κ1) is 18.7. The molecule has 148 valence electrons. The van der Waals surface area contributed by atoms with E-state index >= 15 is 0 Å². The van der Waals surface area contributed by atoms with Gasteiger partial charge in [0, 0.05) is 23.4 Å². The Hall–Kier alpha value is -3.61. The van der Waals surface area contributed by atoms with E-state index in [1.807, 2.05) is 6.07 Å². The number of pyridine rings is 1. The molecule has 0 radical (unpaired) electrons. The lowest BCUT2D eigenvalue weighted by molar-refractivity contribution is 0.1000. The van der Waals surface area contributed by atoms with Gasteiger partial charge in [-0.05, 0) is 44.4 Å². The predicted octanol–water partition coefficient (Wildman–Crippen LogP) is 2.58. The van der Waals surface area contributed by atoms with Crippen LogP contribution in [0.2, 0.25) is 0 Å². The Morgan fingerprint density at radius 2 is 2.03 bits per heavy atom. The van der Waals surface area contributed by atoms with Crippen LogP contribution >= 0.6 is 0 Å². The number of rotatable bonds is 4. The third-order valence-electron chi connectivity index (χ3n) is 4.84. The standard InChI is InChI=1S/C19H16F2N6O2/c1-9-5-10(2)26(19(29)12(9)8-22)25-18(28)14-7-16-23-13(11-3-4-11)6-15(17(20)21)27(16)24-14/h5-7,11,17H,3-4H2,1-2H3,(H,25,28). The summed E-state index contributed by atoms with van der Waals surface area (Å²) in [5.41, 5.74) is 2.70. The lowest BCUT2D eigenvalue weighted by Crippen LogP contribution is -2.36. The molecule has 3 aromatic heterocycles. The van der Waals surface area contributed by atoms with E-state index in [4.69, 9.17) is 5.26 Å². The highest BCUT2D eigenvalue weighted by atomic mass is 19.3. The third kappa shape index (κ3) is 3.24. The topological polar surface area (TPSA) is 105 Å². The van der Waals surface area contributed by atoms with E-state index < -0.39 is 17.9 Å². The molecule has 0 bridgehead atoms. The van der Waals surface area contributed by atoms with Gasteiger partial charge in [-0.15, -0.1) is 0 Å². The summed E-state index contributed by atoms with van der Waals surface area (Å²) < 4.78 is 28.8. The number of nitrogens with zero attached hydrogens (tertiary/aromatic N) is 5. The first-order valence-corrected chi connectivity index (χ1v) is 8.93. The summed E-state index contributed by atoms with van der Waals surface area (Å²) in [5.74, 6) is -0.621. The Bertz CT molecular complexity index is 1250. The average Bonchev–Trinajstić information content (AvgIpc) is 3.42. The Morgan fingerprint density at radius 3 is 2.66 bits per heavy atom. The molecule has 1 fully saturated rings. The summed E-state index contributed by atoms with van der Waals surface area (Å²) in [4.78, 5) is 29.4. The minimum absolute atomic E-state index is 0.0957. The molecule has 3 aromatic rings. The molecule has 1 aliphatic carbocycles. The van der Waals surface area contributed by atoms with E-state index in [0.29, 0.717) is 17.0 Å². The molecular formula is C19H16F2N6O2. The Kier molecular flexibility index (Phi) is 4.38. The van der Waals surface area contributed by atoms with Gasteiger partial charge in [-0.1, -0.05) is 0 Å². The van der Waals surface area contributed by atoms with E-state index in [0.717, 1.165) is 22.0 Å². The second kappa shape index (κ2) is 6.77. The van der Waals surface area contributed by atoms with Crippen LogP contribution in [0.1, 0.15) is 63.9 Å². The van der Waals surface area contributed by atoms with Crippen molar-refractivity contribution in [2.75, 3.05) is 5.43 Å². The first-order valence-electron chi connectivity index (χ1n) is 8.93. The molecule has 1 aliphatic rings. The summed E-state index contributed by atoms with van der Waals surface area (Å²) >= 11 is 0. The molecule has 8 nitrogen and oxygen atoms in total. The van der Waals surface area contributed by atoms with Gasteiger partial charge in [-0.2, -0.15) is 10.4 Å². The fraction of sp³-hybridized carbons (Fsp3) is 0.316. The normalized spacial score (nSPS) is 13.7. The van der Waals surface area contributed by atoms with Crippen LogP contribution in [0.15, 0.2) is 23.0 Å². The van der Waals surface area contributed by atoms with Gasteiger partial charge >= 0.3 is 0 Å². The number of alkyl halides is 2. The van der Waals surface area contributed by atoms with Crippen molar-refractivity contribution in [3.8, 4) is 6.07 Å². The van der Waals surface area contributed by atoms with Gasteiger partial charge in [-0.25, -0.2) is 23.0 Å². The van der Waals surface area contributed by atoms with E-state index in [1.165, 1.54) is 12.1 Å². The van der Waals surface area contributed by atoms with Crippen LogP contribution in [0.5, 0.6) is 0 Å². The van der Waals surface area contributed by atoms with Gasteiger partial charge in [0.05, 0.1) is 0 Å². The van der Waals surface area contributed by atoms with E-state index in [2.05, 4.69) is 15.5 Å². The van der Waals surface area contributed by atoms with E-state index in [9.17, 15) is 18.4 Å². The monoisotopic (exact) mass is 398 g/mol. The summed E-state index contributed by atoms with van der Waals surface area (Å²) in [6, 6.07) is 6.01. The fourth-order valence-electron chi connectivity index (χ4n) is 3.20. The highest BCUT2D eigenvalue weighted by Gasteiger charge is 2.28. The molecule has 0 unspecified atom stereocenters. The van der Waals surface area contributed by atoms with Gasteiger partial charge in [0.15, 0.2) is 11.3 Å². The zero-order valence-electron chi connectivity index (χ0n) is 15.6. The lowest BCUT2D eigenvalue weighted by atomic mass is 10.1. The maximum absolute atomic E-state index is 13.5. The van der Waals surface area contributed by atoms with Crippen molar-refractivity contribution in [2.45, 2.75) is 39.0 Å². The van der Waals surface area contributed by atoms with Crippen molar-refractivity contribution in [1.29, 1.82) is 5.26 Å². The number of aromatic nitrogens is 4. The van der Waals surface area contributed by atoms with Crippen molar-refractivity contribution < 1.29 is 13.6 Å². The second-order valence-corrected chi connectivity index (χ2v) is 7.02. The summed E-state index contributed by atoms with van der Waals surface area (Å²) in [6.45, 7) is 3.22. The number of fused-ring (bicyclic) bond motifs is 1. The number of halogens is 2. The number of aryl methyl sites for hydroxylation is 2. The predicted molar refractivity (Wildman–Crippen MR) is 98.5 cm³/mol. The molecule has 0 atom stereocenters. The Labute approximate surface area is 163 Å². The largest absolute Gasteiger partial charge is 0.290 e. The minimum Gasteiger partial charge on any atom is -0.266 e. The molecule has 0 aromatic carbocycles. The van der Waals surface area contributed by atoms with Crippen LogP contribution in [0.25, 0.3) is 5.65 Å². The molecule has 1 N–H and O–H groups in total. The summed E-state index contributed by atoms with van der Waals surface area (Å²) in [5, 5.41) is 13.1. The van der Waals surface area contributed by atoms with Crippen LogP contribution in [0.4, 0.5) is 8.78 Å². The molecule has 0 saturated heterocycles. The molecule has 1 amide bonds. The van der Waals surface area contributed by atoms with E-state index in [1.54, 1.807) is 19.9 Å². The van der Waals surface area contributed by atoms with Crippen LogP contribution in [0, 0.1) is 25.2 Å². The molecule has 1 saturated carbocycles. The minimum atomic E-state index is -2.78. The van der Waals surface area contributed by atoms with Crippen molar-refractivity contribution in [2.24, 2.45) is 0 Å². The van der Waals surface area contributed by atoms with Crippen LogP contribution in [-0.2, 0) is 0 Å². The highest BCUT2D eigenvalue weighted by Crippen LogP contribution is 2.40. The maximum atomic E-state index is 13.5.